The normalized spacial score (nSPS) is 24.2. The molecule has 2 saturated heterocycles. The number of fused-ring (bicyclic) bond motifs is 1. The summed E-state index contributed by atoms with van der Waals surface area (Å²) < 4.78 is 0. The number of nitrogens with one attached hydrogen (secondary N) is 2. The number of hydrogen-bond donors (Lipinski definition) is 2. The topological polar surface area (TPSA) is 98.8 Å². The summed E-state index contributed by atoms with van der Waals surface area (Å²) in [6.45, 7) is 10.9. The zero-order valence-electron chi connectivity index (χ0n) is 20.0. The fourth-order valence-electron chi connectivity index (χ4n) is 5.72. The van der Waals surface area contributed by atoms with Crippen molar-refractivity contribution in [3.8, 4) is 0 Å². The molecule has 3 aliphatic rings. The van der Waals surface area contributed by atoms with Gasteiger partial charge in [0.25, 0.3) is 5.91 Å². The van der Waals surface area contributed by atoms with Crippen molar-refractivity contribution in [3.05, 3.63) is 29.3 Å². The Morgan fingerprint density at radius 3 is 2.64 bits per heavy atom. The number of piperidine rings is 1. The maximum Gasteiger partial charge on any atom is 0.255 e. The van der Waals surface area contributed by atoms with E-state index in [2.05, 4.69) is 38.3 Å². The van der Waals surface area contributed by atoms with Crippen molar-refractivity contribution in [2.45, 2.75) is 66.0 Å². The van der Waals surface area contributed by atoms with Gasteiger partial charge in [-0.1, -0.05) is 33.8 Å². The number of hydrogen-bond acceptors (Lipinski definition) is 5. The Labute approximate surface area is 195 Å². The second-order valence-corrected chi connectivity index (χ2v) is 11.2. The summed E-state index contributed by atoms with van der Waals surface area (Å²) in [6, 6.07) is 4.74. The van der Waals surface area contributed by atoms with Crippen LogP contribution in [0.5, 0.6) is 0 Å². The van der Waals surface area contributed by atoms with E-state index in [1.807, 2.05) is 11.0 Å². The minimum Gasteiger partial charge on any atom is -0.376 e. The van der Waals surface area contributed by atoms with Crippen LogP contribution in [0.25, 0.3) is 0 Å². The van der Waals surface area contributed by atoms with E-state index in [1.165, 1.54) is 4.90 Å². The van der Waals surface area contributed by atoms with Crippen LogP contribution in [0, 0.1) is 10.8 Å². The Balaban J connectivity index is 1.44. The standard InChI is InChI=1S/C25H34N4O4/c1-24(2)10-11-28(15-25(3,4)14-24)21(31)12-26-18-7-5-6-16-17(18)13-29(23(16)33)19-8-9-20(30)27-22(19)32/h5-7,19,26H,8-15H2,1-4H3,(H,27,30,32). The molecule has 0 aliphatic carbocycles. The maximum atomic E-state index is 13.1. The Kier molecular flexibility index (Phi) is 5.97. The summed E-state index contributed by atoms with van der Waals surface area (Å²) in [6.07, 6.45) is 2.59. The first kappa shape index (κ1) is 23.3. The Morgan fingerprint density at radius 2 is 1.91 bits per heavy atom. The smallest absolute Gasteiger partial charge is 0.255 e. The zero-order chi connectivity index (χ0) is 24.0. The third-order valence-electron chi connectivity index (χ3n) is 7.00. The van der Waals surface area contributed by atoms with Crippen LogP contribution in [0.3, 0.4) is 0 Å². The van der Waals surface area contributed by atoms with Crippen molar-refractivity contribution in [1.82, 2.24) is 15.1 Å². The minimum absolute atomic E-state index is 0.0460. The molecule has 178 valence electrons. The highest BCUT2D eigenvalue weighted by Gasteiger charge is 2.40. The summed E-state index contributed by atoms with van der Waals surface area (Å²) in [5.74, 6) is -0.902. The molecule has 8 heteroatoms. The van der Waals surface area contributed by atoms with Crippen LogP contribution in [-0.4, -0.2) is 59.1 Å². The van der Waals surface area contributed by atoms with Crippen molar-refractivity contribution in [3.63, 3.8) is 0 Å². The van der Waals surface area contributed by atoms with Gasteiger partial charge in [-0.3, -0.25) is 24.5 Å². The quantitative estimate of drug-likeness (QED) is 0.682. The molecular formula is C25H34N4O4. The number of benzene rings is 1. The van der Waals surface area contributed by atoms with Crippen LogP contribution >= 0.6 is 0 Å². The molecule has 2 fully saturated rings. The van der Waals surface area contributed by atoms with Gasteiger partial charge < -0.3 is 15.1 Å². The summed E-state index contributed by atoms with van der Waals surface area (Å²) in [7, 11) is 0. The number of imide groups is 1. The second kappa shape index (κ2) is 8.47. The number of likely N-dealkylation sites (tertiary alicyclic amines) is 1. The van der Waals surface area contributed by atoms with E-state index in [9.17, 15) is 19.2 Å². The lowest BCUT2D eigenvalue weighted by Crippen LogP contribution is -2.52. The Morgan fingerprint density at radius 1 is 1.15 bits per heavy atom. The van der Waals surface area contributed by atoms with E-state index < -0.39 is 11.9 Å². The average Bonchev–Trinajstić information content (AvgIpc) is 2.99. The van der Waals surface area contributed by atoms with Crippen LogP contribution in [-0.2, 0) is 20.9 Å². The zero-order valence-corrected chi connectivity index (χ0v) is 20.0. The number of amides is 4. The van der Waals surface area contributed by atoms with Crippen LogP contribution < -0.4 is 10.6 Å². The molecule has 1 atom stereocenters. The molecule has 4 amide bonds. The van der Waals surface area contributed by atoms with Crippen LogP contribution in [0.4, 0.5) is 5.69 Å². The van der Waals surface area contributed by atoms with Gasteiger partial charge >= 0.3 is 0 Å². The van der Waals surface area contributed by atoms with Gasteiger partial charge in [-0.2, -0.15) is 0 Å². The fourth-order valence-corrected chi connectivity index (χ4v) is 5.72. The molecule has 1 aromatic rings. The van der Waals surface area contributed by atoms with Gasteiger partial charge in [0.1, 0.15) is 6.04 Å². The molecule has 8 nitrogen and oxygen atoms in total. The number of nitrogens with zero attached hydrogens (tertiary/aromatic N) is 2. The molecule has 0 aromatic heterocycles. The van der Waals surface area contributed by atoms with Crippen molar-refractivity contribution in [2.75, 3.05) is 25.0 Å². The lowest BCUT2D eigenvalue weighted by molar-refractivity contribution is -0.137. The highest BCUT2D eigenvalue weighted by Crippen LogP contribution is 2.39. The molecule has 0 saturated carbocycles. The molecule has 3 heterocycles. The first-order valence-electron chi connectivity index (χ1n) is 11.7. The molecule has 2 N–H and O–H groups in total. The van der Waals surface area contributed by atoms with Crippen molar-refractivity contribution >= 4 is 29.3 Å². The van der Waals surface area contributed by atoms with E-state index in [0.29, 0.717) is 12.0 Å². The van der Waals surface area contributed by atoms with E-state index in [0.717, 1.165) is 37.2 Å². The van der Waals surface area contributed by atoms with Gasteiger partial charge in [0.15, 0.2) is 0 Å². The van der Waals surface area contributed by atoms with Gasteiger partial charge in [-0.05, 0) is 42.2 Å². The summed E-state index contributed by atoms with van der Waals surface area (Å²) >= 11 is 0. The van der Waals surface area contributed by atoms with Crippen molar-refractivity contribution in [1.29, 1.82) is 0 Å². The first-order chi connectivity index (χ1) is 15.5. The summed E-state index contributed by atoms with van der Waals surface area (Å²) in [4.78, 5) is 53.3. The molecule has 1 aromatic carbocycles. The molecule has 4 rings (SSSR count). The summed E-state index contributed by atoms with van der Waals surface area (Å²) in [5.41, 5.74) is 2.32. The van der Waals surface area contributed by atoms with Gasteiger partial charge in [-0.25, -0.2) is 0 Å². The van der Waals surface area contributed by atoms with Crippen molar-refractivity contribution in [2.24, 2.45) is 10.8 Å². The van der Waals surface area contributed by atoms with E-state index in [1.54, 1.807) is 12.1 Å². The number of rotatable bonds is 4. The largest absolute Gasteiger partial charge is 0.376 e. The van der Waals surface area contributed by atoms with E-state index >= 15 is 0 Å². The third-order valence-corrected chi connectivity index (χ3v) is 7.00. The molecule has 0 spiro atoms. The van der Waals surface area contributed by atoms with Crippen molar-refractivity contribution < 1.29 is 19.2 Å². The monoisotopic (exact) mass is 454 g/mol. The molecule has 33 heavy (non-hydrogen) atoms. The summed E-state index contributed by atoms with van der Waals surface area (Å²) in [5, 5.41) is 5.57. The van der Waals surface area contributed by atoms with Crippen LogP contribution in [0.15, 0.2) is 18.2 Å². The minimum atomic E-state index is -0.653. The number of anilines is 1. The molecule has 0 bridgehead atoms. The van der Waals surface area contributed by atoms with E-state index in [-0.39, 0.29) is 48.1 Å². The predicted molar refractivity (Wildman–Crippen MR) is 124 cm³/mol. The SMILES string of the molecule is CC1(C)CCN(C(=O)CNc2cccc3c2CN(C2CCC(=O)NC2=O)C3=O)CC(C)(C)C1. The number of carbonyl (C=O) groups excluding carboxylic acids is 4. The van der Waals surface area contributed by atoms with Crippen LogP contribution in [0.1, 0.15) is 69.3 Å². The molecule has 0 radical (unpaired) electrons. The molecular weight excluding hydrogens is 420 g/mol. The van der Waals surface area contributed by atoms with Gasteiger partial charge in [0.2, 0.25) is 17.7 Å². The van der Waals surface area contributed by atoms with Crippen LogP contribution in [0.2, 0.25) is 0 Å². The Hall–Kier alpha value is -2.90. The van der Waals surface area contributed by atoms with E-state index in [4.69, 9.17) is 0 Å². The van der Waals surface area contributed by atoms with Gasteiger partial charge in [0.05, 0.1) is 6.54 Å². The molecule has 3 aliphatic heterocycles. The highest BCUT2D eigenvalue weighted by molar-refractivity contribution is 6.06. The Bertz CT molecular complexity index is 1000. The average molecular weight is 455 g/mol. The lowest BCUT2D eigenvalue weighted by Gasteiger charge is -2.32. The third kappa shape index (κ3) is 4.89. The second-order valence-electron chi connectivity index (χ2n) is 11.2. The first-order valence-corrected chi connectivity index (χ1v) is 11.7. The van der Waals surface area contributed by atoms with Gasteiger partial charge in [0, 0.05) is 42.9 Å². The predicted octanol–water partition coefficient (Wildman–Crippen LogP) is 2.53. The fraction of sp³-hybridized carbons (Fsp3) is 0.600. The highest BCUT2D eigenvalue weighted by atomic mass is 16.2. The maximum absolute atomic E-state index is 13.1. The number of carbonyl (C=O) groups is 4. The van der Waals surface area contributed by atoms with Gasteiger partial charge in [-0.15, -0.1) is 0 Å². The lowest BCUT2D eigenvalue weighted by atomic mass is 9.75. The molecule has 1 unspecified atom stereocenters.